The lowest BCUT2D eigenvalue weighted by Crippen LogP contribution is -2.33. The second kappa shape index (κ2) is 8.89. The minimum atomic E-state index is -0.374. The Morgan fingerprint density at radius 3 is 2.68 bits per heavy atom. The summed E-state index contributed by atoms with van der Waals surface area (Å²) < 4.78 is 15.1. The molecule has 1 heterocycles. The molecule has 28 heavy (non-hydrogen) atoms. The first kappa shape index (κ1) is 19.9. The van der Waals surface area contributed by atoms with Gasteiger partial charge in [0.1, 0.15) is 5.82 Å². The number of para-hydroxylation sites is 2. The second-order valence-corrected chi connectivity index (χ2v) is 7.79. The van der Waals surface area contributed by atoms with E-state index in [1.54, 1.807) is 12.1 Å². The van der Waals surface area contributed by atoms with E-state index in [1.165, 1.54) is 23.9 Å². The van der Waals surface area contributed by atoms with Crippen LogP contribution in [-0.2, 0) is 11.3 Å². The molecular weight excluding hydrogens is 375 g/mol. The van der Waals surface area contributed by atoms with Crippen LogP contribution in [0.3, 0.4) is 0 Å². The fourth-order valence-corrected chi connectivity index (χ4v) is 3.86. The van der Waals surface area contributed by atoms with Crippen molar-refractivity contribution in [1.29, 1.82) is 5.26 Å². The Morgan fingerprint density at radius 2 is 1.96 bits per heavy atom. The van der Waals surface area contributed by atoms with Crippen LogP contribution >= 0.6 is 11.8 Å². The molecule has 2 aromatic carbocycles. The van der Waals surface area contributed by atoms with E-state index < -0.39 is 0 Å². The van der Waals surface area contributed by atoms with Crippen molar-refractivity contribution in [2.75, 3.05) is 0 Å². The van der Waals surface area contributed by atoms with E-state index in [0.29, 0.717) is 18.1 Å². The molecule has 3 rings (SSSR count). The average Bonchev–Trinajstić information content (AvgIpc) is 3.03. The molecule has 144 valence electrons. The molecule has 1 N–H and O–H groups in total. The molecule has 0 radical (unpaired) electrons. The normalized spacial score (nSPS) is 13.1. The fraction of sp³-hybridized carbons (Fsp3) is 0.286. The summed E-state index contributed by atoms with van der Waals surface area (Å²) in [6.07, 6.45) is 0.371. The molecule has 0 spiro atoms. The first-order chi connectivity index (χ1) is 13.5. The zero-order valence-corrected chi connectivity index (χ0v) is 16.5. The summed E-state index contributed by atoms with van der Waals surface area (Å²) in [6.45, 7) is 4.22. The number of aryl methyl sites for hydroxylation is 1. The van der Waals surface area contributed by atoms with Crippen LogP contribution in [0.15, 0.2) is 53.7 Å². The van der Waals surface area contributed by atoms with E-state index >= 15 is 0 Å². The van der Waals surface area contributed by atoms with E-state index in [4.69, 9.17) is 5.26 Å². The molecule has 1 amide bonds. The van der Waals surface area contributed by atoms with Gasteiger partial charge in [0.25, 0.3) is 0 Å². The summed E-state index contributed by atoms with van der Waals surface area (Å²) in [5.41, 5.74) is 2.64. The Labute approximate surface area is 167 Å². The fourth-order valence-electron chi connectivity index (χ4n) is 2.90. The number of nitrogens with zero attached hydrogens (tertiary/aromatic N) is 3. The van der Waals surface area contributed by atoms with Crippen LogP contribution in [0.4, 0.5) is 4.39 Å². The number of nitrogens with one attached hydrogen (secondary N) is 1. The van der Waals surface area contributed by atoms with Gasteiger partial charge in [-0.3, -0.25) is 4.79 Å². The third-order valence-electron chi connectivity index (χ3n) is 4.45. The molecule has 0 aliphatic heterocycles. The highest BCUT2D eigenvalue weighted by Gasteiger charge is 2.21. The van der Waals surface area contributed by atoms with Gasteiger partial charge in [-0.25, -0.2) is 9.37 Å². The number of hydrogen-bond donors (Lipinski definition) is 1. The number of carbonyl (C=O) groups is 1. The monoisotopic (exact) mass is 396 g/mol. The molecule has 0 bridgehead atoms. The van der Waals surface area contributed by atoms with Crippen LogP contribution in [0.25, 0.3) is 11.0 Å². The maximum atomic E-state index is 13.1. The van der Waals surface area contributed by atoms with Crippen LogP contribution in [0.2, 0.25) is 0 Å². The first-order valence-corrected chi connectivity index (χ1v) is 9.92. The third kappa shape index (κ3) is 4.52. The number of halogens is 1. The number of thioether (sulfide) groups is 1. The standard InChI is InChI=1S/C21H21FN4OS/c1-14(16-8-10-17(22)11-9-16)24-20(27)15(2)28-21-25-18-6-3-4-7-19(18)26(21)13-5-12-23/h3-4,6-11,14-15H,5,13H2,1-2H3,(H,24,27)/t14-,15+/m0/s1. The van der Waals surface area contributed by atoms with Crippen molar-refractivity contribution < 1.29 is 9.18 Å². The smallest absolute Gasteiger partial charge is 0.233 e. The van der Waals surface area contributed by atoms with Crippen molar-refractivity contribution in [1.82, 2.24) is 14.9 Å². The van der Waals surface area contributed by atoms with Crippen LogP contribution < -0.4 is 5.32 Å². The van der Waals surface area contributed by atoms with Gasteiger partial charge in [0.2, 0.25) is 5.91 Å². The first-order valence-electron chi connectivity index (χ1n) is 9.04. The number of amides is 1. The Balaban J connectivity index is 1.73. The molecular formula is C21H21FN4OS. The van der Waals surface area contributed by atoms with Gasteiger partial charge in [-0.1, -0.05) is 36.0 Å². The minimum Gasteiger partial charge on any atom is -0.349 e. The quantitative estimate of drug-likeness (QED) is 0.599. The number of hydrogen-bond acceptors (Lipinski definition) is 4. The number of rotatable bonds is 7. The number of fused-ring (bicyclic) bond motifs is 1. The summed E-state index contributed by atoms with van der Waals surface area (Å²) >= 11 is 1.36. The molecule has 3 aromatic rings. The lowest BCUT2D eigenvalue weighted by molar-refractivity contribution is -0.120. The molecule has 0 aliphatic rings. The van der Waals surface area contributed by atoms with Crippen LogP contribution in [-0.4, -0.2) is 20.7 Å². The third-order valence-corrected chi connectivity index (χ3v) is 5.54. The number of nitriles is 1. The predicted molar refractivity (Wildman–Crippen MR) is 108 cm³/mol. The molecule has 0 saturated carbocycles. The number of imidazole rings is 1. The number of benzene rings is 2. The molecule has 0 fully saturated rings. The van der Waals surface area contributed by atoms with E-state index in [9.17, 15) is 9.18 Å². The predicted octanol–water partition coefficient (Wildman–Crippen LogP) is 4.45. The molecule has 2 atom stereocenters. The molecule has 0 aliphatic carbocycles. The highest BCUT2D eigenvalue weighted by atomic mass is 32.2. The minimum absolute atomic E-state index is 0.124. The molecule has 7 heteroatoms. The maximum absolute atomic E-state index is 13.1. The summed E-state index contributed by atoms with van der Waals surface area (Å²) in [5, 5.41) is 12.2. The van der Waals surface area contributed by atoms with Crippen molar-refractivity contribution in [2.45, 2.75) is 43.3 Å². The van der Waals surface area contributed by atoms with Crippen molar-refractivity contribution in [2.24, 2.45) is 0 Å². The van der Waals surface area contributed by atoms with Crippen molar-refractivity contribution in [3.05, 3.63) is 59.9 Å². The lowest BCUT2D eigenvalue weighted by Gasteiger charge is -2.18. The number of carbonyl (C=O) groups excluding carboxylic acids is 1. The van der Waals surface area contributed by atoms with Gasteiger partial charge in [0, 0.05) is 6.54 Å². The summed E-state index contributed by atoms with van der Waals surface area (Å²) in [6, 6.07) is 15.8. The molecule has 1 aromatic heterocycles. The van der Waals surface area contributed by atoms with E-state index in [-0.39, 0.29) is 23.0 Å². The van der Waals surface area contributed by atoms with E-state index in [0.717, 1.165) is 16.6 Å². The van der Waals surface area contributed by atoms with Gasteiger partial charge in [-0.2, -0.15) is 5.26 Å². The summed E-state index contributed by atoms with van der Waals surface area (Å²) in [5.74, 6) is -0.428. The molecule has 0 saturated heterocycles. The summed E-state index contributed by atoms with van der Waals surface area (Å²) in [4.78, 5) is 17.3. The van der Waals surface area contributed by atoms with Crippen LogP contribution in [0.5, 0.6) is 0 Å². The van der Waals surface area contributed by atoms with Gasteiger partial charge in [-0.15, -0.1) is 0 Å². The van der Waals surface area contributed by atoms with Crippen LogP contribution in [0, 0.1) is 17.1 Å². The summed E-state index contributed by atoms with van der Waals surface area (Å²) in [7, 11) is 0. The average molecular weight is 396 g/mol. The SMILES string of the molecule is C[C@H](NC(=O)[C@@H](C)Sc1nc2ccccc2n1CCC#N)c1ccc(F)cc1. The van der Waals surface area contributed by atoms with E-state index in [1.807, 2.05) is 42.7 Å². The maximum Gasteiger partial charge on any atom is 0.233 e. The number of aromatic nitrogens is 2. The van der Waals surface area contributed by atoms with Gasteiger partial charge in [0.15, 0.2) is 5.16 Å². The Bertz CT molecular complexity index is 1010. The highest BCUT2D eigenvalue weighted by molar-refractivity contribution is 8.00. The Morgan fingerprint density at radius 1 is 1.25 bits per heavy atom. The molecule has 0 unspecified atom stereocenters. The van der Waals surface area contributed by atoms with Gasteiger partial charge in [-0.05, 0) is 43.7 Å². The largest absolute Gasteiger partial charge is 0.349 e. The van der Waals surface area contributed by atoms with Gasteiger partial charge in [0.05, 0.1) is 34.8 Å². The van der Waals surface area contributed by atoms with Crippen molar-refractivity contribution in [3.8, 4) is 6.07 Å². The van der Waals surface area contributed by atoms with Crippen molar-refractivity contribution >= 4 is 28.7 Å². The van der Waals surface area contributed by atoms with E-state index in [2.05, 4.69) is 16.4 Å². The zero-order valence-electron chi connectivity index (χ0n) is 15.7. The van der Waals surface area contributed by atoms with Gasteiger partial charge < -0.3 is 9.88 Å². The zero-order chi connectivity index (χ0) is 20.1. The lowest BCUT2D eigenvalue weighted by atomic mass is 10.1. The van der Waals surface area contributed by atoms with Gasteiger partial charge >= 0.3 is 0 Å². The topological polar surface area (TPSA) is 70.7 Å². The Kier molecular flexibility index (Phi) is 6.32. The molecule has 5 nitrogen and oxygen atoms in total. The highest BCUT2D eigenvalue weighted by Crippen LogP contribution is 2.28. The van der Waals surface area contributed by atoms with Crippen molar-refractivity contribution in [3.63, 3.8) is 0 Å². The second-order valence-electron chi connectivity index (χ2n) is 6.48. The Hall–Kier alpha value is -2.85. The van der Waals surface area contributed by atoms with Crippen LogP contribution in [0.1, 0.15) is 31.9 Å².